The van der Waals surface area contributed by atoms with Gasteiger partial charge >= 0.3 is 5.97 Å². The second-order valence-electron chi connectivity index (χ2n) is 3.42. The first-order chi connectivity index (χ1) is 6.54. The van der Waals surface area contributed by atoms with Crippen molar-refractivity contribution in [2.45, 2.75) is 25.0 Å². The molecule has 5 heteroatoms. The average Bonchev–Trinajstić information content (AvgIpc) is 2.42. The van der Waals surface area contributed by atoms with Crippen LogP contribution in [0.25, 0.3) is 0 Å². The number of ether oxygens (including phenoxy) is 1. The number of nitrogens with one attached hydrogen (secondary N) is 1. The van der Waals surface area contributed by atoms with Gasteiger partial charge in [-0.05, 0) is 6.92 Å². The Morgan fingerprint density at radius 2 is 2.50 bits per heavy atom. The molecule has 1 aliphatic rings. The van der Waals surface area contributed by atoms with Gasteiger partial charge in [0.15, 0.2) is 0 Å². The van der Waals surface area contributed by atoms with Gasteiger partial charge in [-0.15, -0.1) is 0 Å². The molecule has 0 bridgehead atoms. The fourth-order valence-electron chi connectivity index (χ4n) is 1.37. The van der Waals surface area contributed by atoms with Crippen LogP contribution in [0.4, 0.5) is 0 Å². The first kappa shape index (κ1) is 11.0. The van der Waals surface area contributed by atoms with E-state index in [0.29, 0.717) is 19.6 Å². The molecule has 0 radical (unpaired) electrons. The highest BCUT2D eigenvalue weighted by Crippen LogP contribution is 2.24. The number of rotatable bonds is 4. The molecule has 5 nitrogen and oxygen atoms in total. The monoisotopic (exact) mass is 201 g/mol. The van der Waals surface area contributed by atoms with Crippen molar-refractivity contribution in [1.82, 2.24) is 5.32 Å². The zero-order valence-electron chi connectivity index (χ0n) is 8.06. The summed E-state index contributed by atoms with van der Waals surface area (Å²) in [7, 11) is 0. The lowest BCUT2D eigenvalue weighted by molar-refractivity contribution is -0.131. The highest BCUT2D eigenvalue weighted by atomic mass is 16.5. The first-order valence-electron chi connectivity index (χ1n) is 4.51. The Labute approximate surface area is 82.4 Å². The average molecular weight is 201 g/mol. The van der Waals surface area contributed by atoms with Gasteiger partial charge in [0.2, 0.25) is 0 Å². The van der Waals surface area contributed by atoms with E-state index in [1.165, 1.54) is 6.20 Å². The lowest BCUT2D eigenvalue weighted by Crippen LogP contribution is -2.44. The number of carboxylic acids is 1. The molecule has 0 aromatic carbocycles. The molecule has 80 valence electrons. The topological polar surface area (TPSA) is 78.8 Å². The van der Waals surface area contributed by atoms with Crippen molar-refractivity contribution in [3.63, 3.8) is 0 Å². The summed E-state index contributed by atoms with van der Waals surface area (Å²) in [5, 5.41) is 21.0. The van der Waals surface area contributed by atoms with E-state index in [9.17, 15) is 9.90 Å². The first-order valence-corrected chi connectivity index (χ1v) is 4.51. The Morgan fingerprint density at radius 3 is 3.00 bits per heavy atom. The maximum absolute atomic E-state index is 10.1. The number of hydrogen-bond acceptors (Lipinski definition) is 4. The fourth-order valence-corrected chi connectivity index (χ4v) is 1.37. The van der Waals surface area contributed by atoms with Gasteiger partial charge in [-0.2, -0.15) is 0 Å². The molecule has 0 aromatic heterocycles. The van der Waals surface area contributed by atoms with Crippen LogP contribution in [0, 0.1) is 0 Å². The standard InChI is InChI=1S/C9H15NO4/c1-7-9(13,3-5-14-7)6-10-4-2-8(11)12/h2,4,7,10,13H,3,5-6H2,1H3,(H,11,12)/b4-2+. The molecule has 1 rings (SSSR count). The largest absolute Gasteiger partial charge is 0.478 e. The predicted molar refractivity (Wildman–Crippen MR) is 49.8 cm³/mol. The van der Waals surface area contributed by atoms with E-state index in [1.54, 1.807) is 6.92 Å². The fraction of sp³-hybridized carbons (Fsp3) is 0.667. The molecule has 0 aromatic rings. The zero-order valence-corrected chi connectivity index (χ0v) is 8.06. The second kappa shape index (κ2) is 4.43. The summed E-state index contributed by atoms with van der Waals surface area (Å²) in [5.41, 5.74) is -0.886. The molecule has 2 atom stereocenters. The van der Waals surface area contributed by atoms with Crippen molar-refractivity contribution < 1.29 is 19.7 Å². The van der Waals surface area contributed by atoms with E-state index in [2.05, 4.69) is 5.32 Å². The molecule has 0 aliphatic carbocycles. The van der Waals surface area contributed by atoms with Crippen molar-refractivity contribution >= 4 is 5.97 Å². The zero-order chi connectivity index (χ0) is 10.6. The second-order valence-corrected chi connectivity index (χ2v) is 3.42. The van der Waals surface area contributed by atoms with Crippen LogP contribution in [-0.2, 0) is 9.53 Å². The van der Waals surface area contributed by atoms with Crippen LogP contribution in [0.5, 0.6) is 0 Å². The van der Waals surface area contributed by atoms with Crippen LogP contribution >= 0.6 is 0 Å². The third kappa shape index (κ3) is 2.71. The molecule has 1 aliphatic heterocycles. The van der Waals surface area contributed by atoms with Crippen molar-refractivity contribution in [1.29, 1.82) is 0 Å². The van der Waals surface area contributed by atoms with Crippen molar-refractivity contribution in [3.8, 4) is 0 Å². The number of aliphatic carboxylic acids is 1. The lowest BCUT2D eigenvalue weighted by atomic mass is 9.97. The van der Waals surface area contributed by atoms with Crippen molar-refractivity contribution in [3.05, 3.63) is 12.3 Å². The van der Waals surface area contributed by atoms with Crippen LogP contribution < -0.4 is 5.32 Å². The van der Waals surface area contributed by atoms with Gasteiger partial charge in [-0.3, -0.25) is 0 Å². The Hall–Kier alpha value is -1.07. The summed E-state index contributed by atoms with van der Waals surface area (Å²) in [5.74, 6) is -1.01. The number of carboxylic acid groups (broad SMARTS) is 1. The van der Waals surface area contributed by atoms with E-state index >= 15 is 0 Å². The summed E-state index contributed by atoms with van der Waals surface area (Å²) >= 11 is 0. The molecule has 1 fully saturated rings. The van der Waals surface area contributed by atoms with Gasteiger partial charge in [0.25, 0.3) is 0 Å². The normalized spacial score (nSPS) is 32.3. The van der Waals surface area contributed by atoms with E-state index in [1.807, 2.05) is 0 Å². The molecule has 1 heterocycles. The van der Waals surface area contributed by atoms with E-state index in [4.69, 9.17) is 9.84 Å². The Kier molecular flexibility index (Phi) is 3.49. The Morgan fingerprint density at radius 1 is 1.79 bits per heavy atom. The van der Waals surface area contributed by atoms with Gasteiger partial charge < -0.3 is 20.3 Å². The third-order valence-corrected chi connectivity index (χ3v) is 2.41. The van der Waals surface area contributed by atoms with Crippen LogP contribution in [-0.4, -0.2) is 41.0 Å². The molecule has 0 amide bonds. The van der Waals surface area contributed by atoms with Gasteiger partial charge in [-0.1, -0.05) is 0 Å². The minimum absolute atomic E-state index is 0.215. The molecule has 1 saturated heterocycles. The van der Waals surface area contributed by atoms with Crippen LogP contribution in [0.15, 0.2) is 12.3 Å². The maximum atomic E-state index is 10.1. The van der Waals surface area contributed by atoms with Crippen LogP contribution in [0.2, 0.25) is 0 Å². The molecule has 0 saturated carbocycles. The minimum atomic E-state index is -1.01. The molecular formula is C9H15NO4. The maximum Gasteiger partial charge on any atom is 0.329 e. The van der Waals surface area contributed by atoms with Gasteiger partial charge in [0, 0.05) is 31.8 Å². The highest BCUT2D eigenvalue weighted by molar-refractivity contribution is 5.79. The quantitative estimate of drug-likeness (QED) is 0.545. The van der Waals surface area contributed by atoms with Crippen molar-refractivity contribution in [2.75, 3.05) is 13.2 Å². The van der Waals surface area contributed by atoms with E-state index in [-0.39, 0.29) is 6.10 Å². The number of hydrogen-bond donors (Lipinski definition) is 3. The molecule has 3 N–H and O–H groups in total. The summed E-state index contributed by atoms with van der Waals surface area (Å²) in [6, 6.07) is 0. The van der Waals surface area contributed by atoms with Gasteiger partial charge in [-0.25, -0.2) is 4.79 Å². The van der Waals surface area contributed by atoms with Crippen molar-refractivity contribution in [2.24, 2.45) is 0 Å². The van der Waals surface area contributed by atoms with E-state index < -0.39 is 11.6 Å². The summed E-state index contributed by atoms with van der Waals surface area (Å²) in [6.07, 6.45) is 2.66. The summed E-state index contributed by atoms with van der Waals surface area (Å²) in [6.45, 7) is 2.65. The molecular weight excluding hydrogens is 186 g/mol. The van der Waals surface area contributed by atoms with Gasteiger partial charge in [0.1, 0.15) is 5.60 Å². The Bertz CT molecular complexity index is 241. The smallest absolute Gasteiger partial charge is 0.329 e. The van der Waals surface area contributed by atoms with Gasteiger partial charge in [0.05, 0.1) is 6.10 Å². The van der Waals surface area contributed by atoms with E-state index in [0.717, 1.165) is 6.08 Å². The number of aliphatic hydroxyl groups is 1. The molecule has 14 heavy (non-hydrogen) atoms. The predicted octanol–water partition coefficient (Wildman–Crippen LogP) is -0.286. The van der Waals surface area contributed by atoms with Crippen LogP contribution in [0.3, 0.4) is 0 Å². The SMILES string of the molecule is CC1OCCC1(O)CN/C=C/C(=O)O. The number of carbonyl (C=O) groups is 1. The third-order valence-electron chi connectivity index (χ3n) is 2.41. The van der Waals surface area contributed by atoms with Crippen LogP contribution in [0.1, 0.15) is 13.3 Å². The summed E-state index contributed by atoms with van der Waals surface area (Å²) < 4.78 is 5.22. The minimum Gasteiger partial charge on any atom is -0.478 e. The lowest BCUT2D eigenvalue weighted by Gasteiger charge is -2.25. The highest BCUT2D eigenvalue weighted by Gasteiger charge is 2.38. The molecule has 0 spiro atoms. The Balaban J connectivity index is 2.33. The summed E-state index contributed by atoms with van der Waals surface area (Å²) in [4.78, 5) is 10.1. The molecule has 2 unspecified atom stereocenters.